The van der Waals surface area contributed by atoms with Crippen LogP contribution in [-0.4, -0.2) is 38.3 Å². The molecule has 0 unspecified atom stereocenters. The van der Waals surface area contributed by atoms with E-state index in [9.17, 15) is 18.0 Å². The number of hydrogen-bond acceptors (Lipinski definition) is 5. The first-order chi connectivity index (χ1) is 13.8. The van der Waals surface area contributed by atoms with Crippen molar-refractivity contribution in [2.75, 3.05) is 12.9 Å². The summed E-state index contributed by atoms with van der Waals surface area (Å²) in [5.41, 5.74) is 1.19. The third-order valence-corrected chi connectivity index (χ3v) is 5.38. The standard InChI is InChI=1S/C21H25NO6S/c1-29(26,27)18-12-10-16(11-13-18)21(25)22-15-17-7-4-5-8-19(17)28-14-6-2-3-9-20(23)24/h4-5,7-8,10-13H,2-3,6,9,14-15H2,1H3,(H,22,25)(H,23,24). The summed E-state index contributed by atoms with van der Waals surface area (Å²) in [6.45, 7) is 0.735. The van der Waals surface area contributed by atoms with Crippen LogP contribution in [0, 0.1) is 0 Å². The van der Waals surface area contributed by atoms with Crippen molar-refractivity contribution in [3.05, 3.63) is 59.7 Å². The zero-order valence-electron chi connectivity index (χ0n) is 16.3. The summed E-state index contributed by atoms with van der Waals surface area (Å²) in [6.07, 6.45) is 3.42. The lowest BCUT2D eigenvalue weighted by molar-refractivity contribution is -0.137. The summed E-state index contributed by atoms with van der Waals surface area (Å²) < 4.78 is 28.8. The molecule has 0 saturated heterocycles. The minimum absolute atomic E-state index is 0.161. The third-order valence-electron chi connectivity index (χ3n) is 4.25. The van der Waals surface area contributed by atoms with E-state index in [2.05, 4.69) is 5.32 Å². The van der Waals surface area contributed by atoms with Crippen LogP contribution in [0.25, 0.3) is 0 Å². The van der Waals surface area contributed by atoms with E-state index >= 15 is 0 Å². The summed E-state index contributed by atoms with van der Waals surface area (Å²) in [5, 5.41) is 11.4. The highest BCUT2D eigenvalue weighted by atomic mass is 32.2. The average Bonchev–Trinajstić information content (AvgIpc) is 2.68. The second kappa shape index (κ2) is 10.6. The molecule has 2 aromatic carbocycles. The van der Waals surface area contributed by atoms with E-state index in [-0.39, 0.29) is 23.8 Å². The van der Waals surface area contributed by atoms with E-state index in [0.717, 1.165) is 24.7 Å². The molecule has 0 spiro atoms. The fourth-order valence-corrected chi connectivity index (χ4v) is 3.29. The van der Waals surface area contributed by atoms with Crippen molar-refractivity contribution in [2.45, 2.75) is 37.1 Å². The number of carbonyl (C=O) groups is 2. The molecule has 0 heterocycles. The van der Waals surface area contributed by atoms with Crippen LogP contribution in [0.2, 0.25) is 0 Å². The first-order valence-electron chi connectivity index (χ1n) is 9.28. The molecule has 0 aliphatic heterocycles. The molecule has 0 bridgehead atoms. The lowest BCUT2D eigenvalue weighted by atomic mass is 10.1. The SMILES string of the molecule is CS(=O)(=O)c1ccc(C(=O)NCc2ccccc2OCCCCCC(=O)O)cc1. The molecule has 156 valence electrons. The topological polar surface area (TPSA) is 110 Å². The lowest BCUT2D eigenvalue weighted by Crippen LogP contribution is -2.23. The van der Waals surface area contributed by atoms with E-state index in [1.165, 1.54) is 24.3 Å². The normalized spacial score (nSPS) is 11.1. The number of para-hydroxylation sites is 1. The van der Waals surface area contributed by atoms with Gasteiger partial charge in [0, 0.05) is 30.3 Å². The van der Waals surface area contributed by atoms with Gasteiger partial charge in [-0.3, -0.25) is 9.59 Å². The maximum atomic E-state index is 12.3. The summed E-state index contributed by atoms with van der Waals surface area (Å²) in [5.74, 6) is -0.440. The first kappa shape index (κ1) is 22.4. The van der Waals surface area contributed by atoms with Gasteiger partial charge in [0.1, 0.15) is 5.75 Å². The van der Waals surface area contributed by atoms with Gasteiger partial charge in [-0.25, -0.2) is 8.42 Å². The average molecular weight is 419 g/mol. The van der Waals surface area contributed by atoms with Crippen LogP contribution in [0.5, 0.6) is 5.75 Å². The van der Waals surface area contributed by atoms with Gasteiger partial charge >= 0.3 is 5.97 Å². The van der Waals surface area contributed by atoms with Crippen LogP contribution in [0.15, 0.2) is 53.4 Å². The number of rotatable bonds is 11. The summed E-state index contributed by atoms with van der Waals surface area (Å²) in [7, 11) is -3.30. The van der Waals surface area contributed by atoms with E-state index in [4.69, 9.17) is 9.84 Å². The Kier molecular flexibility index (Phi) is 8.21. The number of carboxylic acids is 1. The number of aliphatic carboxylic acids is 1. The highest BCUT2D eigenvalue weighted by molar-refractivity contribution is 7.90. The molecule has 0 aromatic heterocycles. The van der Waals surface area contributed by atoms with Crippen molar-refractivity contribution in [2.24, 2.45) is 0 Å². The molecule has 0 saturated carbocycles. The molecule has 29 heavy (non-hydrogen) atoms. The Morgan fingerprint density at radius 2 is 1.69 bits per heavy atom. The Bertz CT molecular complexity index is 938. The summed E-state index contributed by atoms with van der Waals surface area (Å²) in [4.78, 5) is 23.0. The molecule has 8 heteroatoms. The molecule has 0 fully saturated rings. The zero-order chi connectivity index (χ0) is 21.3. The molecule has 2 aromatic rings. The number of hydrogen-bond donors (Lipinski definition) is 2. The fraction of sp³-hybridized carbons (Fsp3) is 0.333. The van der Waals surface area contributed by atoms with Crippen LogP contribution in [-0.2, 0) is 21.2 Å². The van der Waals surface area contributed by atoms with Gasteiger partial charge in [-0.1, -0.05) is 18.2 Å². The third kappa shape index (κ3) is 7.57. The van der Waals surface area contributed by atoms with Crippen molar-refractivity contribution in [3.8, 4) is 5.75 Å². The van der Waals surface area contributed by atoms with E-state index in [0.29, 0.717) is 24.3 Å². The fourth-order valence-electron chi connectivity index (χ4n) is 2.66. The van der Waals surface area contributed by atoms with Crippen LogP contribution in [0.3, 0.4) is 0 Å². The minimum Gasteiger partial charge on any atom is -0.493 e. The highest BCUT2D eigenvalue weighted by Crippen LogP contribution is 2.19. The maximum Gasteiger partial charge on any atom is 0.303 e. The van der Waals surface area contributed by atoms with E-state index < -0.39 is 15.8 Å². The van der Waals surface area contributed by atoms with Crippen LogP contribution >= 0.6 is 0 Å². The lowest BCUT2D eigenvalue weighted by Gasteiger charge is -2.12. The van der Waals surface area contributed by atoms with Gasteiger partial charge in [-0.15, -0.1) is 0 Å². The molecule has 0 aliphatic carbocycles. The molecule has 0 atom stereocenters. The largest absolute Gasteiger partial charge is 0.493 e. The van der Waals surface area contributed by atoms with Gasteiger partial charge in [-0.2, -0.15) is 0 Å². The molecule has 1 amide bonds. The molecular formula is C21H25NO6S. The minimum atomic E-state index is -3.30. The maximum absolute atomic E-state index is 12.3. The number of amides is 1. The smallest absolute Gasteiger partial charge is 0.303 e. The van der Waals surface area contributed by atoms with Gasteiger partial charge in [0.05, 0.1) is 11.5 Å². The number of unbranched alkanes of at least 4 members (excludes halogenated alkanes) is 2. The number of nitrogens with one attached hydrogen (secondary N) is 1. The van der Waals surface area contributed by atoms with Gasteiger partial charge in [0.25, 0.3) is 5.91 Å². The Morgan fingerprint density at radius 3 is 2.34 bits per heavy atom. The Labute approximate surface area is 170 Å². The first-order valence-corrected chi connectivity index (χ1v) is 11.2. The summed E-state index contributed by atoms with van der Waals surface area (Å²) in [6, 6.07) is 13.1. The van der Waals surface area contributed by atoms with Gasteiger partial charge in [-0.05, 0) is 49.6 Å². The summed E-state index contributed by atoms with van der Waals surface area (Å²) >= 11 is 0. The van der Waals surface area contributed by atoms with Crippen LogP contribution < -0.4 is 10.1 Å². The highest BCUT2D eigenvalue weighted by Gasteiger charge is 2.11. The monoisotopic (exact) mass is 419 g/mol. The zero-order valence-corrected chi connectivity index (χ0v) is 17.1. The number of carboxylic acid groups (broad SMARTS) is 1. The van der Waals surface area contributed by atoms with Crippen LogP contribution in [0.4, 0.5) is 0 Å². The second-order valence-electron chi connectivity index (χ2n) is 6.64. The number of sulfone groups is 1. The predicted octanol–water partition coefficient (Wildman–Crippen LogP) is 3.04. The number of ether oxygens (including phenoxy) is 1. The van der Waals surface area contributed by atoms with Crippen molar-refractivity contribution in [1.82, 2.24) is 5.32 Å². The van der Waals surface area contributed by atoms with Crippen molar-refractivity contribution in [1.29, 1.82) is 0 Å². The predicted molar refractivity (Wildman–Crippen MR) is 109 cm³/mol. The Balaban J connectivity index is 1.87. The van der Waals surface area contributed by atoms with Gasteiger partial charge < -0.3 is 15.2 Å². The number of carbonyl (C=O) groups excluding carboxylic acids is 1. The van der Waals surface area contributed by atoms with Gasteiger partial charge in [0.2, 0.25) is 0 Å². The van der Waals surface area contributed by atoms with Gasteiger partial charge in [0.15, 0.2) is 9.84 Å². The Morgan fingerprint density at radius 1 is 1.00 bits per heavy atom. The Hall–Kier alpha value is -2.87. The number of benzene rings is 2. The molecular weight excluding hydrogens is 394 g/mol. The molecule has 7 nitrogen and oxygen atoms in total. The molecule has 2 rings (SSSR count). The van der Waals surface area contributed by atoms with Crippen LogP contribution in [0.1, 0.15) is 41.6 Å². The van der Waals surface area contributed by atoms with E-state index in [1.807, 2.05) is 24.3 Å². The van der Waals surface area contributed by atoms with Crippen molar-refractivity contribution < 1.29 is 27.9 Å². The molecule has 2 N–H and O–H groups in total. The quantitative estimate of drug-likeness (QED) is 0.542. The molecule has 0 aliphatic rings. The van der Waals surface area contributed by atoms with Crippen molar-refractivity contribution >= 4 is 21.7 Å². The molecule has 0 radical (unpaired) electrons. The van der Waals surface area contributed by atoms with Crippen molar-refractivity contribution in [3.63, 3.8) is 0 Å². The van der Waals surface area contributed by atoms with E-state index in [1.54, 1.807) is 0 Å². The second-order valence-corrected chi connectivity index (χ2v) is 8.66.